The van der Waals surface area contributed by atoms with E-state index in [1.807, 2.05) is 36.5 Å². The van der Waals surface area contributed by atoms with Crippen molar-refractivity contribution in [1.29, 1.82) is 0 Å². The Bertz CT molecular complexity index is 803. The van der Waals surface area contributed by atoms with Gasteiger partial charge in [0.1, 0.15) is 12.0 Å². The fourth-order valence-electron chi connectivity index (χ4n) is 2.40. The SMILES string of the molecule is O=C(Nc1ccc(-c2ncnc3[nH]ccc23)cc1)C1CC1. The molecule has 1 amide bonds. The van der Waals surface area contributed by atoms with E-state index in [1.165, 1.54) is 0 Å². The van der Waals surface area contributed by atoms with Gasteiger partial charge >= 0.3 is 0 Å². The van der Waals surface area contributed by atoms with Crippen molar-refractivity contribution >= 4 is 22.6 Å². The van der Waals surface area contributed by atoms with Gasteiger partial charge in [-0.2, -0.15) is 0 Å². The third-order valence-corrected chi connectivity index (χ3v) is 3.73. The summed E-state index contributed by atoms with van der Waals surface area (Å²) in [7, 11) is 0. The lowest BCUT2D eigenvalue weighted by Gasteiger charge is -2.06. The molecular formula is C16H14N4O. The van der Waals surface area contributed by atoms with Gasteiger partial charge in [0.25, 0.3) is 0 Å². The number of anilines is 1. The van der Waals surface area contributed by atoms with Crippen molar-refractivity contribution in [2.75, 3.05) is 5.32 Å². The normalized spacial score (nSPS) is 14.3. The van der Waals surface area contributed by atoms with Crippen LogP contribution in [0.1, 0.15) is 12.8 Å². The van der Waals surface area contributed by atoms with Gasteiger partial charge in [0.2, 0.25) is 5.91 Å². The van der Waals surface area contributed by atoms with Crippen LogP contribution in [0.3, 0.4) is 0 Å². The van der Waals surface area contributed by atoms with E-state index >= 15 is 0 Å². The minimum atomic E-state index is 0.123. The van der Waals surface area contributed by atoms with Crippen LogP contribution in [0.5, 0.6) is 0 Å². The lowest BCUT2D eigenvalue weighted by atomic mass is 10.1. The molecule has 1 saturated carbocycles. The first kappa shape index (κ1) is 12.1. The fourth-order valence-corrected chi connectivity index (χ4v) is 2.40. The zero-order chi connectivity index (χ0) is 14.2. The number of H-pyrrole nitrogens is 1. The minimum absolute atomic E-state index is 0.123. The second kappa shape index (κ2) is 4.70. The lowest BCUT2D eigenvalue weighted by Crippen LogP contribution is -2.12. The van der Waals surface area contributed by atoms with Crippen LogP contribution in [0.4, 0.5) is 5.69 Å². The van der Waals surface area contributed by atoms with E-state index in [0.29, 0.717) is 0 Å². The maximum Gasteiger partial charge on any atom is 0.227 e. The zero-order valence-electron chi connectivity index (χ0n) is 11.3. The molecule has 4 rings (SSSR count). The zero-order valence-corrected chi connectivity index (χ0v) is 11.3. The number of aromatic amines is 1. The van der Waals surface area contributed by atoms with Gasteiger partial charge in [-0.1, -0.05) is 12.1 Å². The van der Waals surface area contributed by atoms with Crippen LogP contribution in [0, 0.1) is 5.92 Å². The fraction of sp³-hybridized carbons (Fsp3) is 0.188. The van der Waals surface area contributed by atoms with E-state index in [2.05, 4.69) is 20.3 Å². The molecule has 5 nitrogen and oxygen atoms in total. The van der Waals surface area contributed by atoms with Crippen LogP contribution >= 0.6 is 0 Å². The molecule has 21 heavy (non-hydrogen) atoms. The van der Waals surface area contributed by atoms with E-state index < -0.39 is 0 Å². The lowest BCUT2D eigenvalue weighted by molar-refractivity contribution is -0.117. The van der Waals surface area contributed by atoms with Gasteiger partial charge < -0.3 is 10.3 Å². The first-order valence-electron chi connectivity index (χ1n) is 7.00. The highest BCUT2D eigenvalue weighted by atomic mass is 16.2. The number of hydrogen-bond acceptors (Lipinski definition) is 3. The molecule has 2 heterocycles. The number of rotatable bonds is 3. The van der Waals surface area contributed by atoms with Gasteiger partial charge in [-0.05, 0) is 31.0 Å². The molecule has 1 fully saturated rings. The molecule has 2 N–H and O–H groups in total. The quantitative estimate of drug-likeness (QED) is 0.773. The van der Waals surface area contributed by atoms with E-state index in [4.69, 9.17) is 0 Å². The minimum Gasteiger partial charge on any atom is -0.346 e. The molecule has 0 spiro atoms. The van der Waals surface area contributed by atoms with E-state index in [-0.39, 0.29) is 11.8 Å². The van der Waals surface area contributed by atoms with Crippen LogP contribution in [0.2, 0.25) is 0 Å². The first-order valence-corrected chi connectivity index (χ1v) is 7.00. The molecule has 3 aromatic rings. The van der Waals surface area contributed by atoms with Gasteiger partial charge in [-0.25, -0.2) is 9.97 Å². The summed E-state index contributed by atoms with van der Waals surface area (Å²) in [5.74, 6) is 0.337. The number of fused-ring (bicyclic) bond motifs is 1. The van der Waals surface area contributed by atoms with Gasteiger partial charge in [0.05, 0.1) is 5.69 Å². The number of hydrogen-bond donors (Lipinski definition) is 2. The predicted molar refractivity (Wildman–Crippen MR) is 80.7 cm³/mol. The number of benzene rings is 1. The average Bonchev–Trinajstić information content (AvgIpc) is 3.25. The molecule has 5 heteroatoms. The molecule has 104 valence electrons. The maximum absolute atomic E-state index is 11.7. The van der Waals surface area contributed by atoms with Crippen LogP contribution in [0.25, 0.3) is 22.3 Å². The van der Waals surface area contributed by atoms with Crippen molar-refractivity contribution in [3.8, 4) is 11.3 Å². The Morgan fingerprint density at radius 3 is 2.71 bits per heavy atom. The number of nitrogens with one attached hydrogen (secondary N) is 2. The summed E-state index contributed by atoms with van der Waals surface area (Å²) < 4.78 is 0. The summed E-state index contributed by atoms with van der Waals surface area (Å²) in [6, 6.07) is 9.73. The molecular weight excluding hydrogens is 264 g/mol. The summed E-state index contributed by atoms with van der Waals surface area (Å²) in [6.45, 7) is 0. The van der Waals surface area contributed by atoms with Gasteiger partial charge in [-0.15, -0.1) is 0 Å². The molecule has 2 aromatic heterocycles. The van der Waals surface area contributed by atoms with Gasteiger partial charge in [0, 0.05) is 28.8 Å². The Morgan fingerprint density at radius 2 is 1.95 bits per heavy atom. The molecule has 0 bridgehead atoms. The summed E-state index contributed by atoms with van der Waals surface area (Å²) in [4.78, 5) is 23.4. The van der Waals surface area contributed by atoms with E-state index in [0.717, 1.165) is 40.8 Å². The second-order valence-corrected chi connectivity index (χ2v) is 5.30. The van der Waals surface area contributed by atoms with Crippen LogP contribution < -0.4 is 5.32 Å². The average molecular weight is 278 g/mol. The highest BCUT2D eigenvalue weighted by molar-refractivity contribution is 5.95. The van der Waals surface area contributed by atoms with Crippen LogP contribution in [-0.2, 0) is 4.79 Å². The summed E-state index contributed by atoms with van der Waals surface area (Å²) in [6.07, 6.45) is 5.43. The number of nitrogens with zero attached hydrogens (tertiary/aromatic N) is 2. The van der Waals surface area contributed by atoms with Crippen LogP contribution in [0.15, 0.2) is 42.9 Å². The predicted octanol–water partition coefficient (Wildman–Crippen LogP) is 2.97. The maximum atomic E-state index is 11.7. The summed E-state index contributed by atoms with van der Waals surface area (Å²) >= 11 is 0. The molecule has 0 saturated heterocycles. The van der Waals surface area contributed by atoms with Crippen molar-refractivity contribution < 1.29 is 4.79 Å². The molecule has 1 aromatic carbocycles. The monoisotopic (exact) mass is 278 g/mol. The molecule has 0 unspecified atom stereocenters. The highest BCUT2D eigenvalue weighted by Crippen LogP contribution is 2.31. The van der Waals surface area contributed by atoms with Gasteiger partial charge in [0.15, 0.2) is 0 Å². The van der Waals surface area contributed by atoms with Gasteiger partial charge in [-0.3, -0.25) is 4.79 Å². The molecule has 0 atom stereocenters. The van der Waals surface area contributed by atoms with Crippen molar-refractivity contribution in [2.24, 2.45) is 5.92 Å². The number of amides is 1. The Labute approximate surface area is 121 Å². The number of aromatic nitrogens is 3. The van der Waals surface area contributed by atoms with Crippen molar-refractivity contribution in [2.45, 2.75) is 12.8 Å². The summed E-state index contributed by atoms with van der Waals surface area (Å²) in [5.41, 5.74) is 3.55. The second-order valence-electron chi connectivity index (χ2n) is 5.30. The third-order valence-electron chi connectivity index (χ3n) is 3.73. The Hall–Kier alpha value is -2.69. The van der Waals surface area contributed by atoms with E-state index in [9.17, 15) is 4.79 Å². The van der Waals surface area contributed by atoms with Crippen LogP contribution in [-0.4, -0.2) is 20.9 Å². The largest absolute Gasteiger partial charge is 0.346 e. The first-order chi connectivity index (χ1) is 10.3. The molecule has 1 aliphatic rings. The highest BCUT2D eigenvalue weighted by Gasteiger charge is 2.29. The molecule has 0 radical (unpaired) electrons. The number of carbonyl (C=O) groups excluding carboxylic acids is 1. The Kier molecular flexibility index (Phi) is 2.70. The topological polar surface area (TPSA) is 70.7 Å². The van der Waals surface area contributed by atoms with E-state index in [1.54, 1.807) is 6.33 Å². The van der Waals surface area contributed by atoms with Crippen molar-refractivity contribution in [3.63, 3.8) is 0 Å². The van der Waals surface area contributed by atoms with Crippen molar-refractivity contribution in [1.82, 2.24) is 15.0 Å². The summed E-state index contributed by atoms with van der Waals surface area (Å²) in [5, 5.41) is 3.93. The molecule has 1 aliphatic carbocycles. The molecule has 0 aliphatic heterocycles. The smallest absolute Gasteiger partial charge is 0.227 e. The number of carbonyl (C=O) groups is 1. The standard InChI is InChI=1S/C16H14N4O/c21-16(11-1-2-11)20-12-5-3-10(4-6-12)14-13-7-8-17-15(13)19-9-18-14/h3-9,11H,1-2H2,(H,20,21)(H,17,18,19). The van der Waals surface area contributed by atoms with Crippen molar-refractivity contribution in [3.05, 3.63) is 42.9 Å². The third kappa shape index (κ3) is 2.27. The Morgan fingerprint density at radius 1 is 1.14 bits per heavy atom. The Balaban J connectivity index is 1.63.